The molecule has 2 rings (SSSR count). The Hall–Kier alpha value is -3.66. The van der Waals surface area contributed by atoms with Gasteiger partial charge in [0.2, 0.25) is 0 Å². The Kier molecular flexibility index (Phi) is 7.28. The molecule has 0 spiro atoms. The standard InChI is InChI=1S/C21H18FNO5/c1-3-26-19-12-14(11-16(13-23)20(24)27-4-2)5-10-18(19)28-21(25)15-6-8-17(22)9-7-15/h5-12H,3-4H2,1-2H3. The van der Waals surface area contributed by atoms with Gasteiger partial charge in [-0.15, -0.1) is 0 Å². The summed E-state index contributed by atoms with van der Waals surface area (Å²) in [6.07, 6.45) is 1.35. The first-order chi connectivity index (χ1) is 13.5. The number of benzene rings is 2. The molecule has 2 aromatic rings. The van der Waals surface area contributed by atoms with Gasteiger partial charge in [0.1, 0.15) is 17.5 Å². The molecule has 0 saturated heterocycles. The van der Waals surface area contributed by atoms with Gasteiger partial charge in [0.15, 0.2) is 11.5 Å². The van der Waals surface area contributed by atoms with Crippen LogP contribution in [0.1, 0.15) is 29.8 Å². The second kappa shape index (κ2) is 9.88. The van der Waals surface area contributed by atoms with Crippen LogP contribution < -0.4 is 9.47 Å². The van der Waals surface area contributed by atoms with E-state index in [-0.39, 0.29) is 29.2 Å². The smallest absolute Gasteiger partial charge is 0.348 e. The number of nitriles is 1. The number of nitrogens with zero attached hydrogens (tertiary/aromatic N) is 1. The molecule has 0 unspecified atom stereocenters. The summed E-state index contributed by atoms with van der Waals surface area (Å²) in [6.45, 7) is 3.86. The summed E-state index contributed by atoms with van der Waals surface area (Å²) in [5.41, 5.74) is 0.511. The molecule has 144 valence electrons. The average Bonchev–Trinajstić information content (AvgIpc) is 2.68. The van der Waals surface area contributed by atoms with Crippen molar-refractivity contribution in [3.05, 3.63) is 65.0 Å². The van der Waals surface area contributed by atoms with Gasteiger partial charge in [0.05, 0.1) is 18.8 Å². The lowest BCUT2D eigenvalue weighted by molar-refractivity contribution is -0.137. The number of carbonyl (C=O) groups excluding carboxylic acids is 2. The molecule has 0 aliphatic heterocycles. The van der Waals surface area contributed by atoms with Crippen LogP contribution in [-0.4, -0.2) is 25.2 Å². The third-order valence-electron chi connectivity index (χ3n) is 3.48. The van der Waals surface area contributed by atoms with Crippen LogP contribution in [0.25, 0.3) is 6.08 Å². The zero-order valence-electron chi connectivity index (χ0n) is 15.4. The minimum absolute atomic E-state index is 0.153. The van der Waals surface area contributed by atoms with Crippen LogP contribution in [-0.2, 0) is 9.53 Å². The first-order valence-electron chi connectivity index (χ1n) is 8.52. The molecule has 28 heavy (non-hydrogen) atoms. The third-order valence-corrected chi connectivity index (χ3v) is 3.48. The van der Waals surface area contributed by atoms with Gasteiger partial charge in [-0.25, -0.2) is 14.0 Å². The number of hydrogen-bond acceptors (Lipinski definition) is 6. The van der Waals surface area contributed by atoms with Gasteiger partial charge in [0, 0.05) is 0 Å². The Bertz CT molecular complexity index is 929. The lowest BCUT2D eigenvalue weighted by atomic mass is 10.1. The van der Waals surface area contributed by atoms with Crippen LogP contribution in [0.2, 0.25) is 0 Å². The molecule has 7 heteroatoms. The highest BCUT2D eigenvalue weighted by atomic mass is 19.1. The van der Waals surface area contributed by atoms with E-state index in [2.05, 4.69) is 0 Å². The van der Waals surface area contributed by atoms with Gasteiger partial charge < -0.3 is 14.2 Å². The normalized spacial score (nSPS) is 10.7. The number of rotatable bonds is 7. The van der Waals surface area contributed by atoms with Crippen molar-refractivity contribution >= 4 is 18.0 Å². The van der Waals surface area contributed by atoms with Crippen LogP contribution in [0, 0.1) is 17.1 Å². The largest absolute Gasteiger partial charge is 0.490 e. The maximum atomic E-state index is 13.0. The Morgan fingerprint density at radius 3 is 2.39 bits per heavy atom. The summed E-state index contributed by atoms with van der Waals surface area (Å²) in [5, 5.41) is 9.13. The molecular formula is C21H18FNO5. The highest BCUT2D eigenvalue weighted by Gasteiger charge is 2.15. The molecule has 0 aromatic heterocycles. The van der Waals surface area contributed by atoms with Crippen molar-refractivity contribution in [3.8, 4) is 17.6 Å². The first kappa shape index (κ1) is 20.6. The molecule has 0 fully saturated rings. The van der Waals surface area contributed by atoms with E-state index in [9.17, 15) is 14.0 Å². The van der Waals surface area contributed by atoms with E-state index in [4.69, 9.17) is 19.5 Å². The summed E-state index contributed by atoms with van der Waals surface area (Å²) in [7, 11) is 0. The van der Waals surface area contributed by atoms with Crippen LogP contribution in [0.15, 0.2) is 48.0 Å². The molecule has 0 N–H and O–H groups in total. The molecule has 0 aliphatic rings. The number of hydrogen-bond donors (Lipinski definition) is 0. The van der Waals surface area contributed by atoms with Crippen molar-refractivity contribution in [3.63, 3.8) is 0 Å². The average molecular weight is 383 g/mol. The topological polar surface area (TPSA) is 85.6 Å². The number of esters is 2. The summed E-state index contributed by atoms with van der Waals surface area (Å²) >= 11 is 0. The summed E-state index contributed by atoms with van der Waals surface area (Å²) in [6, 6.07) is 11.3. The minimum Gasteiger partial charge on any atom is -0.490 e. The zero-order valence-corrected chi connectivity index (χ0v) is 15.4. The first-order valence-corrected chi connectivity index (χ1v) is 8.52. The van der Waals surface area contributed by atoms with Crippen molar-refractivity contribution in [1.29, 1.82) is 5.26 Å². The van der Waals surface area contributed by atoms with E-state index in [1.807, 2.05) is 0 Å². The number of halogens is 1. The quantitative estimate of drug-likeness (QED) is 0.312. The van der Waals surface area contributed by atoms with E-state index in [0.29, 0.717) is 12.2 Å². The Morgan fingerprint density at radius 2 is 1.79 bits per heavy atom. The molecule has 0 radical (unpaired) electrons. The lowest BCUT2D eigenvalue weighted by Crippen LogP contribution is -2.10. The van der Waals surface area contributed by atoms with Crippen LogP contribution in [0.3, 0.4) is 0 Å². The van der Waals surface area contributed by atoms with Gasteiger partial charge >= 0.3 is 11.9 Å². The maximum Gasteiger partial charge on any atom is 0.348 e. The summed E-state index contributed by atoms with van der Waals surface area (Å²) in [5.74, 6) is -1.45. The monoisotopic (exact) mass is 383 g/mol. The fourth-order valence-corrected chi connectivity index (χ4v) is 2.22. The Balaban J connectivity index is 2.29. The molecule has 0 amide bonds. The van der Waals surface area contributed by atoms with E-state index < -0.39 is 17.8 Å². The summed E-state index contributed by atoms with van der Waals surface area (Å²) in [4.78, 5) is 24.0. The van der Waals surface area contributed by atoms with Crippen molar-refractivity contribution in [1.82, 2.24) is 0 Å². The highest BCUT2D eigenvalue weighted by Crippen LogP contribution is 2.30. The molecule has 0 heterocycles. The predicted molar refractivity (Wildman–Crippen MR) is 99.2 cm³/mol. The van der Waals surface area contributed by atoms with Gasteiger partial charge in [-0.2, -0.15) is 5.26 Å². The molecular weight excluding hydrogens is 365 g/mol. The highest BCUT2D eigenvalue weighted by molar-refractivity contribution is 5.98. The van der Waals surface area contributed by atoms with Gasteiger partial charge in [-0.1, -0.05) is 6.07 Å². The van der Waals surface area contributed by atoms with Gasteiger partial charge in [-0.05, 0) is 61.9 Å². The van der Waals surface area contributed by atoms with Crippen molar-refractivity contribution in [2.24, 2.45) is 0 Å². The van der Waals surface area contributed by atoms with E-state index in [1.54, 1.807) is 26.0 Å². The second-order valence-corrected chi connectivity index (χ2v) is 5.43. The minimum atomic E-state index is -0.727. The van der Waals surface area contributed by atoms with Crippen molar-refractivity contribution in [2.45, 2.75) is 13.8 Å². The fourth-order valence-electron chi connectivity index (χ4n) is 2.22. The fraction of sp³-hybridized carbons (Fsp3) is 0.190. The van der Waals surface area contributed by atoms with Crippen molar-refractivity contribution < 1.29 is 28.2 Å². The molecule has 0 atom stereocenters. The maximum absolute atomic E-state index is 13.0. The van der Waals surface area contributed by atoms with E-state index in [1.165, 1.54) is 30.3 Å². The van der Waals surface area contributed by atoms with E-state index in [0.717, 1.165) is 12.1 Å². The Morgan fingerprint density at radius 1 is 1.07 bits per heavy atom. The van der Waals surface area contributed by atoms with Crippen molar-refractivity contribution in [2.75, 3.05) is 13.2 Å². The lowest BCUT2D eigenvalue weighted by Gasteiger charge is -2.11. The third kappa shape index (κ3) is 5.42. The van der Waals surface area contributed by atoms with Gasteiger partial charge in [0.25, 0.3) is 0 Å². The van der Waals surface area contributed by atoms with Gasteiger partial charge in [-0.3, -0.25) is 0 Å². The molecule has 0 bridgehead atoms. The molecule has 2 aromatic carbocycles. The summed E-state index contributed by atoms with van der Waals surface area (Å²) < 4.78 is 28.6. The number of ether oxygens (including phenoxy) is 3. The molecule has 0 aliphatic carbocycles. The SMILES string of the molecule is CCOC(=O)C(C#N)=Cc1ccc(OC(=O)c2ccc(F)cc2)c(OCC)c1. The molecule has 6 nitrogen and oxygen atoms in total. The predicted octanol–water partition coefficient (Wildman–Crippen LogP) is 3.91. The molecule has 0 saturated carbocycles. The number of carbonyl (C=O) groups is 2. The van der Waals surface area contributed by atoms with Crippen LogP contribution >= 0.6 is 0 Å². The van der Waals surface area contributed by atoms with E-state index >= 15 is 0 Å². The second-order valence-electron chi connectivity index (χ2n) is 5.43. The van der Waals surface area contributed by atoms with Crippen LogP contribution in [0.5, 0.6) is 11.5 Å². The van der Waals surface area contributed by atoms with Crippen LogP contribution in [0.4, 0.5) is 4.39 Å². The zero-order chi connectivity index (χ0) is 20.5. The Labute approximate surface area is 161 Å².